The first-order valence-corrected chi connectivity index (χ1v) is 7.79. The topological polar surface area (TPSA) is 52.6 Å². The zero-order chi connectivity index (χ0) is 15.1. The van der Waals surface area contributed by atoms with Gasteiger partial charge in [0.05, 0.1) is 0 Å². The summed E-state index contributed by atoms with van der Waals surface area (Å²) < 4.78 is 0. The first-order chi connectivity index (χ1) is 10.2. The molecule has 116 valence electrons. The molecule has 1 aromatic heterocycles. The number of pyridine rings is 1. The molecule has 0 atom stereocenters. The summed E-state index contributed by atoms with van der Waals surface area (Å²) in [4.78, 5) is 10.8. The highest BCUT2D eigenvalue weighted by Crippen LogP contribution is 2.17. The van der Waals surface area contributed by atoms with Crippen molar-refractivity contribution in [2.24, 2.45) is 4.99 Å². The van der Waals surface area contributed by atoms with Crippen molar-refractivity contribution in [2.45, 2.75) is 44.7 Å². The third-order valence-electron chi connectivity index (χ3n) is 3.91. The molecular formula is C16H27N5. The third kappa shape index (κ3) is 4.62. The van der Waals surface area contributed by atoms with Crippen LogP contribution in [0.4, 0.5) is 5.82 Å². The van der Waals surface area contributed by atoms with Crippen molar-refractivity contribution in [3.8, 4) is 0 Å². The molecule has 1 heterocycles. The van der Waals surface area contributed by atoms with E-state index >= 15 is 0 Å². The second-order valence-electron chi connectivity index (χ2n) is 5.79. The minimum atomic E-state index is 0.562. The first-order valence-electron chi connectivity index (χ1n) is 7.79. The molecular weight excluding hydrogens is 262 g/mol. The number of hydrogen-bond donors (Lipinski definition) is 2. The number of aliphatic imine (C=N–C) groups is 1. The number of nitrogens with zero attached hydrogens (tertiary/aromatic N) is 3. The average molecular weight is 289 g/mol. The van der Waals surface area contributed by atoms with E-state index in [2.05, 4.69) is 26.7 Å². The van der Waals surface area contributed by atoms with E-state index < -0.39 is 0 Å². The molecule has 5 heteroatoms. The second kappa shape index (κ2) is 7.86. The minimum absolute atomic E-state index is 0.562. The van der Waals surface area contributed by atoms with Crippen molar-refractivity contribution in [1.82, 2.24) is 15.6 Å². The van der Waals surface area contributed by atoms with Crippen LogP contribution >= 0.6 is 0 Å². The summed E-state index contributed by atoms with van der Waals surface area (Å²) >= 11 is 0. The molecule has 2 N–H and O–H groups in total. The van der Waals surface area contributed by atoms with Gasteiger partial charge in [-0.3, -0.25) is 4.99 Å². The maximum atomic E-state index is 4.42. The summed E-state index contributed by atoms with van der Waals surface area (Å²) in [6.07, 6.45) is 8.33. The molecule has 0 amide bonds. The molecule has 0 spiro atoms. The number of hydrogen-bond acceptors (Lipinski definition) is 3. The Hall–Kier alpha value is -1.78. The molecule has 1 saturated carbocycles. The van der Waals surface area contributed by atoms with Crippen molar-refractivity contribution in [1.29, 1.82) is 0 Å². The maximum Gasteiger partial charge on any atom is 0.191 e. The molecule has 2 rings (SSSR count). The highest BCUT2D eigenvalue weighted by atomic mass is 15.2. The smallest absolute Gasteiger partial charge is 0.191 e. The van der Waals surface area contributed by atoms with Crippen LogP contribution in [0.15, 0.2) is 23.3 Å². The zero-order valence-corrected chi connectivity index (χ0v) is 13.4. The number of nitrogens with one attached hydrogen (secondary N) is 2. The van der Waals surface area contributed by atoms with E-state index in [1.807, 2.05) is 38.3 Å². The third-order valence-corrected chi connectivity index (χ3v) is 3.91. The van der Waals surface area contributed by atoms with Crippen LogP contribution in [0.5, 0.6) is 0 Å². The summed E-state index contributed by atoms with van der Waals surface area (Å²) in [5, 5.41) is 6.93. The Kier molecular flexibility index (Phi) is 5.84. The van der Waals surface area contributed by atoms with E-state index in [0.717, 1.165) is 18.3 Å². The van der Waals surface area contributed by atoms with Crippen LogP contribution < -0.4 is 15.5 Å². The second-order valence-corrected chi connectivity index (χ2v) is 5.79. The number of anilines is 1. The minimum Gasteiger partial charge on any atom is -0.362 e. The van der Waals surface area contributed by atoms with Gasteiger partial charge in [-0.25, -0.2) is 4.98 Å². The fourth-order valence-electron chi connectivity index (χ4n) is 2.78. The number of rotatable bonds is 4. The van der Waals surface area contributed by atoms with E-state index in [0.29, 0.717) is 6.04 Å². The Bertz CT molecular complexity index is 463. The van der Waals surface area contributed by atoms with Gasteiger partial charge in [-0.1, -0.05) is 25.3 Å². The molecule has 5 nitrogen and oxygen atoms in total. The molecule has 0 bridgehead atoms. The molecule has 0 unspecified atom stereocenters. The summed E-state index contributed by atoms with van der Waals surface area (Å²) in [6, 6.07) is 4.64. The predicted octanol–water partition coefficient (Wildman–Crippen LogP) is 2.15. The van der Waals surface area contributed by atoms with Crippen LogP contribution in [-0.4, -0.2) is 38.1 Å². The predicted molar refractivity (Wildman–Crippen MR) is 88.8 cm³/mol. The molecule has 0 aliphatic heterocycles. The molecule has 1 aromatic rings. The lowest BCUT2D eigenvalue weighted by Gasteiger charge is -2.25. The van der Waals surface area contributed by atoms with Crippen molar-refractivity contribution in [2.75, 3.05) is 26.0 Å². The lowest BCUT2D eigenvalue weighted by molar-refractivity contribution is 0.410. The van der Waals surface area contributed by atoms with Crippen molar-refractivity contribution < 1.29 is 0 Å². The van der Waals surface area contributed by atoms with Gasteiger partial charge in [0, 0.05) is 45.5 Å². The van der Waals surface area contributed by atoms with E-state index in [9.17, 15) is 0 Å². The van der Waals surface area contributed by atoms with Crippen molar-refractivity contribution in [3.63, 3.8) is 0 Å². The van der Waals surface area contributed by atoms with Crippen molar-refractivity contribution in [3.05, 3.63) is 23.9 Å². The van der Waals surface area contributed by atoms with E-state index in [4.69, 9.17) is 0 Å². The number of aromatic nitrogens is 1. The van der Waals surface area contributed by atoms with Gasteiger partial charge in [-0.2, -0.15) is 0 Å². The normalized spacial score (nSPS) is 16.6. The van der Waals surface area contributed by atoms with Crippen LogP contribution in [0.2, 0.25) is 0 Å². The lowest BCUT2D eigenvalue weighted by atomic mass is 9.96. The standard InChI is InChI=1S/C16H27N5/c1-17-16(20-14-9-5-4-6-10-14)19-12-13-8-7-11-18-15(13)21(2)3/h7-8,11,14H,4-6,9-10,12H2,1-3H3,(H2,17,19,20). The molecule has 0 aromatic carbocycles. The highest BCUT2D eigenvalue weighted by molar-refractivity contribution is 5.80. The van der Waals surface area contributed by atoms with Gasteiger partial charge in [0.15, 0.2) is 5.96 Å². The van der Waals surface area contributed by atoms with Gasteiger partial charge in [-0.15, -0.1) is 0 Å². The molecule has 1 fully saturated rings. The molecule has 0 saturated heterocycles. The van der Waals surface area contributed by atoms with Gasteiger partial charge in [0.2, 0.25) is 0 Å². The first kappa shape index (κ1) is 15.6. The summed E-state index contributed by atoms with van der Waals surface area (Å²) in [7, 11) is 5.86. The monoisotopic (exact) mass is 289 g/mol. The molecule has 1 aliphatic carbocycles. The van der Waals surface area contributed by atoms with Crippen LogP contribution in [0.3, 0.4) is 0 Å². The van der Waals surface area contributed by atoms with Gasteiger partial charge in [0.1, 0.15) is 5.82 Å². The summed E-state index contributed by atoms with van der Waals surface area (Å²) in [6.45, 7) is 0.730. The zero-order valence-electron chi connectivity index (χ0n) is 13.4. The molecule has 21 heavy (non-hydrogen) atoms. The van der Waals surface area contributed by atoms with Gasteiger partial charge >= 0.3 is 0 Å². The highest BCUT2D eigenvalue weighted by Gasteiger charge is 2.14. The maximum absolute atomic E-state index is 4.42. The fraction of sp³-hybridized carbons (Fsp3) is 0.625. The van der Waals surface area contributed by atoms with Gasteiger partial charge in [0.25, 0.3) is 0 Å². The van der Waals surface area contributed by atoms with E-state index in [1.165, 1.54) is 37.7 Å². The van der Waals surface area contributed by atoms with Crippen LogP contribution in [-0.2, 0) is 6.54 Å². The Balaban J connectivity index is 1.91. The van der Waals surface area contributed by atoms with Crippen LogP contribution in [0.1, 0.15) is 37.7 Å². The van der Waals surface area contributed by atoms with E-state index in [-0.39, 0.29) is 0 Å². The van der Waals surface area contributed by atoms with Crippen LogP contribution in [0.25, 0.3) is 0 Å². The average Bonchev–Trinajstić information content (AvgIpc) is 2.52. The summed E-state index contributed by atoms with van der Waals surface area (Å²) in [5.41, 5.74) is 1.18. The SMILES string of the molecule is CN=C(NCc1cccnc1N(C)C)NC1CCCCC1. The quantitative estimate of drug-likeness (QED) is 0.659. The largest absolute Gasteiger partial charge is 0.362 e. The Morgan fingerprint density at radius 3 is 2.76 bits per heavy atom. The van der Waals surface area contributed by atoms with Gasteiger partial charge in [-0.05, 0) is 18.9 Å². The fourth-order valence-corrected chi connectivity index (χ4v) is 2.78. The Labute approximate surface area is 127 Å². The van der Waals surface area contributed by atoms with Crippen LogP contribution in [0, 0.1) is 0 Å². The Morgan fingerprint density at radius 2 is 2.10 bits per heavy atom. The lowest BCUT2D eigenvalue weighted by Crippen LogP contribution is -2.44. The summed E-state index contributed by atoms with van der Waals surface area (Å²) in [5.74, 6) is 1.88. The molecule has 0 radical (unpaired) electrons. The van der Waals surface area contributed by atoms with Crippen molar-refractivity contribution >= 4 is 11.8 Å². The van der Waals surface area contributed by atoms with E-state index in [1.54, 1.807) is 0 Å². The Morgan fingerprint density at radius 1 is 1.33 bits per heavy atom. The van der Waals surface area contributed by atoms with Gasteiger partial charge < -0.3 is 15.5 Å². The molecule has 1 aliphatic rings. The number of guanidine groups is 1.